The van der Waals surface area contributed by atoms with Gasteiger partial charge in [-0.05, 0) is 24.3 Å². The van der Waals surface area contributed by atoms with Crippen molar-refractivity contribution in [3.63, 3.8) is 0 Å². The van der Waals surface area contributed by atoms with Crippen LogP contribution in [0.1, 0.15) is 10.4 Å². The zero-order chi connectivity index (χ0) is 15.5. The highest BCUT2D eigenvalue weighted by Gasteiger charge is 2.20. The first-order valence-electron chi connectivity index (χ1n) is 6.95. The number of nitrogens with zero attached hydrogens (tertiary/aromatic N) is 4. The van der Waals surface area contributed by atoms with Crippen LogP contribution in [-0.2, 0) is 0 Å². The summed E-state index contributed by atoms with van der Waals surface area (Å²) in [6.07, 6.45) is 3.47. The number of anilines is 2. The number of hydrogen-bond acceptors (Lipinski definition) is 5. The van der Waals surface area contributed by atoms with E-state index in [0.717, 1.165) is 37.8 Å². The van der Waals surface area contributed by atoms with Gasteiger partial charge in [0.15, 0.2) is 0 Å². The molecule has 0 saturated carbocycles. The Morgan fingerprint density at radius 2 is 1.73 bits per heavy atom. The molecule has 0 spiro atoms. The second-order valence-electron chi connectivity index (χ2n) is 4.99. The van der Waals surface area contributed by atoms with E-state index in [1.165, 1.54) is 0 Å². The van der Waals surface area contributed by atoms with Crippen LogP contribution in [0.5, 0.6) is 0 Å². The SMILES string of the molecule is O=C(O)c1ccc(N2CCN(c3ncccn3)CC2)cc1Cl. The standard InChI is InChI=1S/C15H15ClN4O2/c16-13-10-11(2-3-12(13)14(21)22)19-6-8-20(9-7-19)15-17-4-1-5-18-15/h1-5,10H,6-9H2,(H,21,22). The van der Waals surface area contributed by atoms with Gasteiger partial charge in [-0.1, -0.05) is 11.6 Å². The van der Waals surface area contributed by atoms with Crippen LogP contribution >= 0.6 is 11.6 Å². The summed E-state index contributed by atoms with van der Waals surface area (Å²) in [6, 6.07) is 6.85. The molecule has 0 unspecified atom stereocenters. The van der Waals surface area contributed by atoms with E-state index >= 15 is 0 Å². The molecule has 114 valence electrons. The Labute approximate surface area is 133 Å². The van der Waals surface area contributed by atoms with Crippen LogP contribution in [0.3, 0.4) is 0 Å². The third kappa shape index (κ3) is 2.96. The molecule has 0 amide bonds. The lowest BCUT2D eigenvalue weighted by Gasteiger charge is -2.36. The predicted molar refractivity (Wildman–Crippen MR) is 84.9 cm³/mol. The van der Waals surface area contributed by atoms with Gasteiger partial charge in [0.25, 0.3) is 0 Å². The van der Waals surface area contributed by atoms with Crippen LogP contribution < -0.4 is 9.80 Å². The van der Waals surface area contributed by atoms with E-state index in [-0.39, 0.29) is 10.6 Å². The summed E-state index contributed by atoms with van der Waals surface area (Å²) in [5, 5.41) is 9.27. The Balaban J connectivity index is 1.69. The van der Waals surface area contributed by atoms with Gasteiger partial charge in [-0.3, -0.25) is 0 Å². The number of halogens is 1. The normalized spacial score (nSPS) is 15.0. The van der Waals surface area contributed by atoms with Gasteiger partial charge in [-0.25, -0.2) is 14.8 Å². The summed E-state index contributed by atoms with van der Waals surface area (Å²) in [6.45, 7) is 3.23. The van der Waals surface area contributed by atoms with E-state index in [4.69, 9.17) is 16.7 Å². The van der Waals surface area contributed by atoms with Gasteiger partial charge in [0.2, 0.25) is 5.95 Å². The maximum Gasteiger partial charge on any atom is 0.337 e. The molecule has 0 aliphatic carbocycles. The van der Waals surface area contributed by atoms with E-state index in [0.29, 0.717) is 0 Å². The lowest BCUT2D eigenvalue weighted by molar-refractivity contribution is 0.0697. The summed E-state index contributed by atoms with van der Waals surface area (Å²) in [7, 11) is 0. The van der Waals surface area contributed by atoms with Gasteiger partial charge in [0.05, 0.1) is 10.6 Å². The maximum atomic E-state index is 11.0. The molecular weight excluding hydrogens is 304 g/mol. The number of carboxylic acids is 1. The van der Waals surface area contributed by atoms with Crippen LogP contribution in [0, 0.1) is 0 Å². The van der Waals surface area contributed by atoms with E-state index in [2.05, 4.69) is 19.8 Å². The zero-order valence-corrected chi connectivity index (χ0v) is 12.6. The summed E-state index contributed by atoms with van der Waals surface area (Å²) in [4.78, 5) is 23.8. The molecule has 2 aromatic rings. The topological polar surface area (TPSA) is 69.6 Å². The first-order valence-corrected chi connectivity index (χ1v) is 7.33. The van der Waals surface area contributed by atoms with Crippen molar-refractivity contribution >= 4 is 29.2 Å². The molecule has 0 atom stereocenters. The lowest BCUT2D eigenvalue weighted by Crippen LogP contribution is -2.47. The molecular formula is C15H15ClN4O2. The quantitative estimate of drug-likeness (QED) is 0.935. The molecule has 2 heterocycles. The van der Waals surface area contributed by atoms with Crippen molar-refractivity contribution in [1.82, 2.24) is 9.97 Å². The molecule has 0 radical (unpaired) electrons. The molecule has 1 aliphatic heterocycles. The number of rotatable bonds is 3. The highest BCUT2D eigenvalue weighted by atomic mass is 35.5. The van der Waals surface area contributed by atoms with Crippen LogP contribution in [0.4, 0.5) is 11.6 Å². The molecule has 1 saturated heterocycles. The second kappa shape index (κ2) is 6.19. The number of piperazine rings is 1. The van der Waals surface area contributed by atoms with E-state index in [1.807, 2.05) is 0 Å². The largest absolute Gasteiger partial charge is 0.478 e. The Kier molecular flexibility index (Phi) is 4.11. The molecule has 22 heavy (non-hydrogen) atoms. The molecule has 7 heteroatoms. The maximum absolute atomic E-state index is 11.0. The Morgan fingerprint density at radius 1 is 1.09 bits per heavy atom. The van der Waals surface area contributed by atoms with Gasteiger partial charge in [0, 0.05) is 44.3 Å². The fourth-order valence-electron chi connectivity index (χ4n) is 2.49. The van der Waals surface area contributed by atoms with Crippen molar-refractivity contribution in [2.24, 2.45) is 0 Å². The second-order valence-corrected chi connectivity index (χ2v) is 5.40. The van der Waals surface area contributed by atoms with Crippen molar-refractivity contribution in [2.45, 2.75) is 0 Å². The lowest BCUT2D eigenvalue weighted by atomic mass is 10.2. The third-order valence-corrected chi connectivity index (χ3v) is 3.98. The highest BCUT2D eigenvalue weighted by Crippen LogP contribution is 2.25. The number of aromatic carboxylic acids is 1. The zero-order valence-electron chi connectivity index (χ0n) is 11.8. The number of benzene rings is 1. The van der Waals surface area contributed by atoms with Gasteiger partial charge in [0.1, 0.15) is 0 Å². The monoisotopic (exact) mass is 318 g/mol. The van der Waals surface area contributed by atoms with Crippen LogP contribution in [-0.4, -0.2) is 47.2 Å². The van der Waals surface area contributed by atoms with Crippen molar-refractivity contribution in [3.05, 3.63) is 47.2 Å². The smallest absolute Gasteiger partial charge is 0.337 e. The molecule has 0 bridgehead atoms. The predicted octanol–water partition coefficient (Wildman–Crippen LogP) is 2.15. The number of carbonyl (C=O) groups is 1. The molecule has 1 fully saturated rings. The minimum Gasteiger partial charge on any atom is -0.478 e. The molecule has 1 N–H and O–H groups in total. The fourth-order valence-corrected chi connectivity index (χ4v) is 2.75. The Bertz CT molecular complexity index is 672. The van der Waals surface area contributed by atoms with Gasteiger partial charge in [-0.15, -0.1) is 0 Å². The van der Waals surface area contributed by atoms with Gasteiger partial charge in [-0.2, -0.15) is 0 Å². The van der Waals surface area contributed by atoms with Crippen molar-refractivity contribution < 1.29 is 9.90 Å². The Hall–Kier alpha value is -2.34. The minimum absolute atomic E-state index is 0.127. The van der Waals surface area contributed by atoms with Crippen LogP contribution in [0.2, 0.25) is 5.02 Å². The average Bonchev–Trinajstić information content (AvgIpc) is 2.55. The van der Waals surface area contributed by atoms with E-state index in [1.54, 1.807) is 36.7 Å². The molecule has 6 nitrogen and oxygen atoms in total. The van der Waals surface area contributed by atoms with Crippen molar-refractivity contribution in [2.75, 3.05) is 36.0 Å². The summed E-state index contributed by atoms with van der Waals surface area (Å²) < 4.78 is 0. The van der Waals surface area contributed by atoms with Crippen LogP contribution in [0.25, 0.3) is 0 Å². The first kappa shape index (κ1) is 14.6. The molecule has 3 rings (SSSR count). The third-order valence-electron chi connectivity index (χ3n) is 3.66. The van der Waals surface area contributed by atoms with Crippen molar-refractivity contribution in [3.8, 4) is 0 Å². The Morgan fingerprint density at radius 3 is 2.32 bits per heavy atom. The summed E-state index contributed by atoms with van der Waals surface area (Å²) in [5.74, 6) is -0.274. The number of hydrogen-bond donors (Lipinski definition) is 1. The van der Waals surface area contributed by atoms with Crippen LogP contribution in [0.15, 0.2) is 36.7 Å². The van der Waals surface area contributed by atoms with E-state index in [9.17, 15) is 4.79 Å². The average molecular weight is 319 g/mol. The molecule has 1 aromatic carbocycles. The van der Waals surface area contributed by atoms with Gasteiger partial charge >= 0.3 is 5.97 Å². The van der Waals surface area contributed by atoms with E-state index < -0.39 is 5.97 Å². The molecule has 1 aromatic heterocycles. The summed E-state index contributed by atoms with van der Waals surface area (Å²) >= 11 is 6.03. The highest BCUT2D eigenvalue weighted by molar-refractivity contribution is 6.33. The first-order chi connectivity index (χ1) is 10.6. The van der Waals surface area contributed by atoms with Crippen molar-refractivity contribution in [1.29, 1.82) is 0 Å². The molecule has 1 aliphatic rings. The fraction of sp³-hybridized carbons (Fsp3) is 0.267. The van der Waals surface area contributed by atoms with Gasteiger partial charge < -0.3 is 14.9 Å². The minimum atomic E-state index is -1.01. The summed E-state index contributed by atoms with van der Waals surface area (Å²) in [5.41, 5.74) is 1.06. The number of aromatic nitrogens is 2. The number of carboxylic acid groups (broad SMARTS) is 1.